The van der Waals surface area contributed by atoms with E-state index in [0.717, 1.165) is 31.4 Å². The minimum atomic E-state index is -0.434. The van der Waals surface area contributed by atoms with Crippen molar-refractivity contribution in [2.45, 2.75) is 45.2 Å². The fraction of sp³-hybridized carbons (Fsp3) is 0.467. The number of hydrogen-bond acceptors (Lipinski definition) is 4. The molecule has 0 saturated heterocycles. The predicted octanol–water partition coefficient (Wildman–Crippen LogP) is -0.483. The first-order valence-corrected chi connectivity index (χ1v) is 7.71. The highest BCUT2D eigenvalue weighted by Crippen LogP contribution is 2.33. The van der Waals surface area contributed by atoms with Crippen LogP contribution >= 0.6 is 11.6 Å². The van der Waals surface area contributed by atoms with Crippen LogP contribution in [0.1, 0.15) is 39.5 Å². The molecule has 1 aromatic rings. The molecule has 2 rings (SSSR count). The first-order chi connectivity index (χ1) is 10.0. The smallest absolute Gasteiger partial charge is 0.357 e. The number of benzene rings is 1. The van der Waals surface area contributed by atoms with E-state index in [0.29, 0.717) is 16.9 Å². The zero-order valence-corrected chi connectivity index (χ0v) is 14.5. The molecule has 0 amide bonds. The Morgan fingerprint density at radius 2 is 1.68 bits per heavy atom. The Balaban J connectivity index is 0.00000242. The van der Waals surface area contributed by atoms with Gasteiger partial charge >= 0.3 is 5.96 Å². The SMILES string of the molecule is CCCC1(CCC)N=C(N)NC(N)=[N+]1c1ccc(Cl)cc1.[Cl-]. The first kappa shape index (κ1) is 18.6. The summed E-state index contributed by atoms with van der Waals surface area (Å²) in [5, 5.41) is 3.63. The van der Waals surface area contributed by atoms with Crippen molar-refractivity contribution in [1.82, 2.24) is 5.32 Å². The van der Waals surface area contributed by atoms with Crippen LogP contribution in [0.25, 0.3) is 0 Å². The van der Waals surface area contributed by atoms with Gasteiger partial charge in [-0.2, -0.15) is 4.99 Å². The monoisotopic (exact) mass is 343 g/mol. The number of guanidine groups is 2. The van der Waals surface area contributed by atoms with Gasteiger partial charge in [-0.15, -0.1) is 0 Å². The number of nitrogens with zero attached hydrogens (tertiary/aromatic N) is 2. The summed E-state index contributed by atoms with van der Waals surface area (Å²) in [4.78, 5) is 4.70. The molecular weight excluding hydrogens is 321 g/mol. The average Bonchev–Trinajstić information content (AvgIpc) is 2.40. The molecule has 1 aliphatic rings. The number of halogens is 2. The van der Waals surface area contributed by atoms with Gasteiger partial charge in [-0.3, -0.25) is 5.73 Å². The number of nitrogens with two attached hydrogens (primary N) is 2. The number of rotatable bonds is 5. The molecule has 1 aliphatic heterocycles. The summed E-state index contributed by atoms with van der Waals surface area (Å²) in [5.41, 5.74) is 12.7. The normalized spacial score (nSPS) is 16.6. The first-order valence-electron chi connectivity index (χ1n) is 7.33. The molecule has 0 spiro atoms. The molecule has 22 heavy (non-hydrogen) atoms. The molecule has 0 fully saturated rings. The van der Waals surface area contributed by atoms with Crippen molar-refractivity contribution < 1.29 is 17.0 Å². The second-order valence-electron chi connectivity index (χ2n) is 5.30. The molecule has 1 aromatic carbocycles. The van der Waals surface area contributed by atoms with E-state index in [1.54, 1.807) is 0 Å². The Morgan fingerprint density at radius 1 is 1.14 bits per heavy atom. The zero-order valence-electron chi connectivity index (χ0n) is 12.9. The van der Waals surface area contributed by atoms with Crippen molar-refractivity contribution in [3.63, 3.8) is 0 Å². The molecule has 0 unspecified atom stereocenters. The second-order valence-corrected chi connectivity index (χ2v) is 5.74. The van der Waals surface area contributed by atoms with Crippen LogP contribution in [-0.4, -0.2) is 22.2 Å². The quantitative estimate of drug-likeness (QED) is 0.631. The van der Waals surface area contributed by atoms with Crippen molar-refractivity contribution in [3.8, 4) is 0 Å². The third-order valence-electron chi connectivity index (χ3n) is 3.63. The van der Waals surface area contributed by atoms with Crippen LogP contribution in [0.5, 0.6) is 0 Å². The second kappa shape index (κ2) is 7.70. The van der Waals surface area contributed by atoms with E-state index in [-0.39, 0.29) is 12.4 Å². The summed E-state index contributed by atoms with van der Waals surface area (Å²) in [6, 6.07) is 7.62. The Bertz CT molecular complexity index is 560. The topological polar surface area (TPSA) is 79.4 Å². The number of nitrogens with one attached hydrogen (secondary N) is 1. The van der Waals surface area contributed by atoms with Gasteiger partial charge in [0.25, 0.3) is 5.96 Å². The number of hydrogen-bond donors (Lipinski definition) is 3. The van der Waals surface area contributed by atoms with E-state index in [1.807, 2.05) is 28.8 Å². The van der Waals surface area contributed by atoms with Gasteiger partial charge in [0.2, 0.25) is 0 Å². The third kappa shape index (κ3) is 3.65. The lowest BCUT2D eigenvalue weighted by Gasteiger charge is -2.34. The Kier molecular flexibility index (Phi) is 6.50. The van der Waals surface area contributed by atoms with Gasteiger partial charge in [0.1, 0.15) is 5.69 Å². The van der Waals surface area contributed by atoms with Crippen LogP contribution in [0, 0.1) is 0 Å². The summed E-state index contributed by atoms with van der Waals surface area (Å²) in [6.07, 6.45) is 3.75. The van der Waals surface area contributed by atoms with Gasteiger partial charge in [0.15, 0.2) is 5.66 Å². The number of aliphatic imine (C=N–C) groups is 1. The summed E-state index contributed by atoms with van der Waals surface area (Å²) in [7, 11) is 0. The average molecular weight is 344 g/mol. The summed E-state index contributed by atoms with van der Waals surface area (Å²) >= 11 is 5.98. The minimum absolute atomic E-state index is 0. The van der Waals surface area contributed by atoms with E-state index in [2.05, 4.69) is 19.2 Å². The highest BCUT2D eigenvalue weighted by Gasteiger charge is 2.41. The maximum atomic E-state index is 6.21. The lowest BCUT2D eigenvalue weighted by molar-refractivity contribution is -0.540. The maximum absolute atomic E-state index is 6.21. The molecule has 5 N–H and O–H groups in total. The predicted molar refractivity (Wildman–Crippen MR) is 87.9 cm³/mol. The fourth-order valence-corrected chi connectivity index (χ4v) is 3.07. The van der Waals surface area contributed by atoms with Crippen LogP contribution in [0.3, 0.4) is 0 Å². The third-order valence-corrected chi connectivity index (χ3v) is 3.88. The molecule has 1 heterocycles. The fourth-order valence-electron chi connectivity index (χ4n) is 2.94. The molecule has 0 saturated carbocycles. The lowest BCUT2D eigenvalue weighted by Crippen LogP contribution is -3.00. The molecule has 122 valence electrons. The molecule has 0 aromatic heterocycles. The summed E-state index contributed by atoms with van der Waals surface area (Å²) < 4.78 is 2.03. The van der Waals surface area contributed by atoms with E-state index < -0.39 is 5.66 Å². The van der Waals surface area contributed by atoms with Gasteiger partial charge in [0, 0.05) is 17.9 Å². The van der Waals surface area contributed by atoms with Gasteiger partial charge < -0.3 is 18.1 Å². The maximum Gasteiger partial charge on any atom is 0.357 e. The van der Waals surface area contributed by atoms with Crippen LogP contribution in [-0.2, 0) is 0 Å². The molecule has 0 radical (unpaired) electrons. The minimum Gasteiger partial charge on any atom is -1.00 e. The molecular formula is C15H23Cl2N5. The Labute approximate surface area is 142 Å². The van der Waals surface area contributed by atoms with E-state index in [9.17, 15) is 0 Å². The van der Waals surface area contributed by atoms with E-state index >= 15 is 0 Å². The van der Waals surface area contributed by atoms with Crippen molar-refractivity contribution in [2.75, 3.05) is 0 Å². The highest BCUT2D eigenvalue weighted by atomic mass is 35.5. The van der Waals surface area contributed by atoms with Crippen LogP contribution in [0.15, 0.2) is 29.3 Å². The van der Waals surface area contributed by atoms with Gasteiger partial charge in [-0.1, -0.05) is 38.3 Å². The molecule has 0 atom stereocenters. The summed E-state index contributed by atoms with van der Waals surface area (Å²) in [5.74, 6) is 0.881. The van der Waals surface area contributed by atoms with Gasteiger partial charge in [-0.05, 0) is 24.3 Å². The van der Waals surface area contributed by atoms with Crippen LogP contribution < -0.4 is 29.2 Å². The van der Waals surface area contributed by atoms with Crippen LogP contribution in [0.4, 0.5) is 5.69 Å². The van der Waals surface area contributed by atoms with Gasteiger partial charge in [0.05, 0.1) is 0 Å². The highest BCUT2D eigenvalue weighted by molar-refractivity contribution is 6.30. The molecule has 7 heteroatoms. The summed E-state index contributed by atoms with van der Waals surface area (Å²) in [6.45, 7) is 4.28. The van der Waals surface area contributed by atoms with E-state index in [4.69, 9.17) is 28.1 Å². The van der Waals surface area contributed by atoms with Crippen LogP contribution in [0.2, 0.25) is 5.02 Å². The molecule has 0 bridgehead atoms. The van der Waals surface area contributed by atoms with Crippen molar-refractivity contribution in [2.24, 2.45) is 16.5 Å². The molecule has 5 nitrogen and oxygen atoms in total. The standard InChI is InChI=1S/C15H22ClN5.ClH/c1-3-9-15(10-4-2)20-13(17)19-14(18)21(15)12-7-5-11(16)6-8-12;/h5-8H,3-4,9-10H2,1-2H3,(H4,17,18,19,20);1H. The van der Waals surface area contributed by atoms with Crippen molar-refractivity contribution in [1.29, 1.82) is 0 Å². The van der Waals surface area contributed by atoms with Gasteiger partial charge in [-0.25, -0.2) is 9.89 Å². The lowest BCUT2D eigenvalue weighted by atomic mass is 9.96. The Hall–Kier alpha value is -1.46. The molecule has 0 aliphatic carbocycles. The van der Waals surface area contributed by atoms with Crippen molar-refractivity contribution >= 4 is 29.2 Å². The zero-order chi connectivity index (χ0) is 15.5. The Morgan fingerprint density at radius 3 is 2.18 bits per heavy atom. The largest absolute Gasteiger partial charge is 1.00 e. The van der Waals surface area contributed by atoms with E-state index in [1.165, 1.54) is 0 Å². The van der Waals surface area contributed by atoms with Crippen molar-refractivity contribution in [3.05, 3.63) is 29.3 Å².